The van der Waals surface area contributed by atoms with Gasteiger partial charge in [-0.1, -0.05) is 0 Å². The molecule has 0 unspecified atom stereocenters. The Hall–Kier alpha value is -1.42. The monoisotopic (exact) mass is 225 g/mol. The number of carbonyl (C=O) groups excluding carboxylic acids is 1. The van der Waals surface area contributed by atoms with Crippen molar-refractivity contribution in [2.45, 2.75) is 6.42 Å². The molecule has 0 heterocycles. The van der Waals surface area contributed by atoms with Crippen LogP contribution in [-0.2, 0) is 0 Å². The quantitative estimate of drug-likeness (QED) is 0.717. The van der Waals surface area contributed by atoms with E-state index in [2.05, 4.69) is 0 Å². The molecule has 0 atom stereocenters. The number of rotatable bonds is 5. The fraction of sp³-hybridized carbons (Fsp3) is 0.417. The van der Waals surface area contributed by atoms with Crippen molar-refractivity contribution in [1.82, 2.24) is 4.90 Å². The Morgan fingerprint density at radius 1 is 1.44 bits per heavy atom. The minimum Gasteiger partial charge on any atom is -0.497 e. The van der Waals surface area contributed by atoms with Crippen molar-refractivity contribution < 1.29 is 13.9 Å². The number of Topliss-reactive ketones (excluding diaryl/α,β-unsaturated/α-hetero) is 1. The predicted octanol–water partition coefficient (Wildman–Crippen LogP) is 1.97. The van der Waals surface area contributed by atoms with Gasteiger partial charge in [-0.15, -0.1) is 0 Å². The molecule has 0 aliphatic heterocycles. The Morgan fingerprint density at radius 3 is 2.62 bits per heavy atom. The van der Waals surface area contributed by atoms with Crippen LogP contribution in [0.4, 0.5) is 4.39 Å². The highest BCUT2D eigenvalue weighted by molar-refractivity contribution is 5.96. The molecule has 3 nitrogen and oxygen atoms in total. The van der Waals surface area contributed by atoms with Gasteiger partial charge in [0.05, 0.1) is 12.7 Å². The summed E-state index contributed by atoms with van der Waals surface area (Å²) in [6, 6.07) is 4.28. The second-order valence-electron chi connectivity index (χ2n) is 3.82. The van der Waals surface area contributed by atoms with Crippen LogP contribution in [0.2, 0.25) is 0 Å². The minimum atomic E-state index is -0.525. The number of hydrogen-bond acceptors (Lipinski definition) is 3. The molecule has 0 saturated heterocycles. The van der Waals surface area contributed by atoms with Crippen molar-refractivity contribution in [2.24, 2.45) is 0 Å². The zero-order valence-corrected chi connectivity index (χ0v) is 9.79. The fourth-order valence-corrected chi connectivity index (χ4v) is 1.31. The smallest absolute Gasteiger partial charge is 0.167 e. The predicted molar refractivity (Wildman–Crippen MR) is 60.5 cm³/mol. The molecule has 0 amide bonds. The van der Waals surface area contributed by atoms with Crippen molar-refractivity contribution >= 4 is 5.78 Å². The molecular formula is C12H16FNO2. The van der Waals surface area contributed by atoms with E-state index in [1.54, 1.807) is 6.07 Å². The zero-order valence-electron chi connectivity index (χ0n) is 9.79. The highest BCUT2D eigenvalue weighted by atomic mass is 19.1. The number of hydrogen-bond donors (Lipinski definition) is 0. The van der Waals surface area contributed by atoms with Crippen LogP contribution in [0.25, 0.3) is 0 Å². The highest BCUT2D eigenvalue weighted by Crippen LogP contribution is 2.17. The first-order chi connectivity index (χ1) is 7.54. The van der Waals surface area contributed by atoms with Gasteiger partial charge in [-0.05, 0) is 26.2 Å². The summed E-state index contributed by atoms with van der Waals surface area (Å²) in [7, 11) is 5.21. The van der Waals surface area contributed by atoms with Gasteiger partial charge >= 0.3 is 0 Å². The largest absolute Gasteiger partial charge is 0.497 e. The molecule has 0 aliphatic carbocycles. The molecular weight excluding hydrogens is 209 g/mol. The Bertz CT molecular complexity index is 377. The molecule has 0 bridgehead atoms. The van der Waals surface area contributed by atoms with Gasteiger partial charge in [0.1, 0.15) is 11.6 Å². The van der Waals surface area contributed by atoms with E-state index >= 15 is 0 Å². The van der Waals surface area contributed by atoms with Crippen LogP contribution in [0.15, 0.2) is 18.2 Å². The summed E-state index contributed by atoms with van der Waals surface area (Å²) in [5.74, 6) is -0.293. The lowest BCUT2D eigenvalue weighted by atomic mass is 10.1. The van der Waals surface area contributed by atoms with Gasteiger partial charge in [-0.3, -0.25) is 4.79 Å². The number of ether oxygens (including phenoxy) is 1. The number of methoxy groups -OCH3 is 1. The second kappa shape index (κ2) is 5.61. The van der Waals surface area contributed by atoms with Crippen LogP contribution in [0.3, 0.4) is 0 Å². The van der Waals surface area contributed by atoms with Gasteiger partial charge in [0.2, 0.25) is 0 Å². The van der Waals surface area contributed by atoms with E-state index in [1.807, 2.05) is 19.0 Å². The Morgan fingerprint density at radius 2 is 2.12 bits per heavy atom. The summed E-state index contributed by atoms with van der Waals surface area (Å²) in [6.07, 6.45) is 0.316. The van der Waals surface area contributed by atoms with Crippen LogP contribution >= 0.6 is 0 Å². The number of carbonyl (C=O) groups is 1. The highest BCUT2D eigenvalue weighted by Gasteiger charge is 2.12. The van der Waals surface area contributed by atoms with Crippen LogP contribution in [-0.4, -0.2) is 38.4 Å². The maximum atomic E-state index is 13.5. The maximum Gasteiger partial charge on any atom is 0.167 e. The van der Waals surface area contributed by atoms with E-state index < -0.39 is 5.82 Å². The average Bonchev–Trinajstić information content (AvgIpc) is 2.25. The molecule has 0 spiro atoms. The van der Waals surface area contributed by atoms with Gasteiger partial charge in [0.25, 0.3) is 0 Å². The first-order valence-electron chi connectivity index (χ1n) is 5.06. The van der Waals surface area contributed by atoms with E-state index in [4.69, 9.17) is 4.74 Å². The van der Waals surface area contributed by atoms with E-state index in [0.717, 1.165) is 0 Å². The summed E-state index contributed by atoms with van der Waals surface area (Å²) in [6.45, 7) is 0.615. The van der Waals surface area contributed by atoms with Gasteiger partial charge in [-0.25, -0.2) is 4.39 Å². The first-order valence-corrected chi connectivity index (χ1v) is 5.06. The summed E-state index contributed by atoms with van der Waals surface area (Å²) in [4.78, 5) is 13.6. The third-order valence-electron chi connectivity index (χ3n) is 2.26. The van der Waals surface area contributed by atoms with Crippen molar-refractivity contribution in [3.05, 3.63) is 29.6 Å². The molecule has 16 heavy (non-hydrogen) atoms. The summed E-state index contributed by atoms with van der Waals surface area (Å²) >= 11 is 0. The second-order valence-corrected chi connectivity index (χ2v) is 3.82. The van der Waals surface area contributed by atoms with Crippen LogP contribution in [0.5, 0.6) is 5.75 Å². The van der Waals surface area contributed by atoms with Gasteiger partial charge in [-0.2, -0.15) is 0 Å². The van der Waals surface area contributed by atoms with Crippen molar-refractivity contribution in [1.29, 1.82) is 0 Å². The van der Waals surface area contributed by atoms with Crippen LogP contribution in [0.1, 0.15) is 16.8 Å². The van der Waals surface area contributed by atoms with E-state index in [-0.39, 0.29) is 11.3 Å². The lowest BCUT2D eigenvalue weighted by Gasteiger charge is -2.09. The molecule has 0 saturated carbocycles. The third kappa shape index (κ3) is 3.31. The molecule has 88 valence electrons. The summed E-state index contributed by atoms with van der Waals surface area (Å²) < 4.78 is 18.4. The molecule has 1 rings (SSSR count). The third-order valence-corrected chi connectivity index (χ3v) is 2.26. The number of benzene rings is 1. The zero-order chi connectivity index (χ0) is 12.1. The molecule has 1 aromatic rings. The molecule has 0 aromatic heterocycles. The molecule has 1 aromatic carbocycles. The first kappa shape index (κ1) is 12.6. The average molecular weight is 225 g/mol. The van der Waals surface area contributed by atoms with Crippen molar-refractivity contribution in [2.75, 3.05) is 27.7 Å². The fourth-order valence-electron chi connectivity index (χ4n) is 1.31. The summed E-state index contributed by atoms with van der Waals surface area (Å²) in [5, 5.41) is 0. The lowest BCUT2D eigenvalue weighted by Crippen LogP contribution is -2.17. The van der Waals surface area contributed by atoms with Crippen LogP contribution in [0, 0.1) is 5.82 Å². The standard InChI is InChI=1S/C12H16FNO2/c1-14(2)7-6-12(15)10-5-4-9(16-3)8-11(10)13/h4-5,8H,6-7H2,1-3H3. The van der Waals surface area contributed by atoms with E-state index in [0.29, 0.717) is 18.7 Å². The Balaban J connectivity index is 2.76. The lowest BCUT2D eigenvalue weighted by molar-refractivity contribution is 0.0968. The molecule has 0 fully saturated rings. The van der Waals surface area contributed by atoms with Gasteiger partial charge in [0, 0.05) is 19.0 Å². The number of nitrogens with zero attached hydrogens (tertiary/aromatic N) is 1. The molecule has 4 heteroatoms. The Labute approximate surface area is 94.8 Å². The van der Waals surface area contributed by atoms with Gasteiger partial charge in [0.15, 0.2) is 5.78 Å². The van der Waals surface area contributed by atoms with Gasteiger partial charge < -0.3 is 9.64 Å². The van der Waals surface area contributed by atoms with Crippen molar-refractivity contribution in [3.8, 4) is 5.75 Å². The maximum absolute atomic E-state index is 13.5. The Kier molecular flexibility index (Phi) is 4.43. The molecule has 0 radical (unpaired) electrons. The number of halogens is 1. The number of ketones is 1. The van der Waals surface area contributed by atoms with Crippen molar-refractivity contribution in [3.63, 3.8) is 0 Å². The SMILES string of the molecule is COc1ccc(C(=O)CCN(C)C)c(F)c1. The minimum absolute atomic E-state index is 0.127. The molecule has 0 aliphatic rings. The summed E-state index contributed by atoms with van der Waals surface area (Å²) in [5.41, 5.74) is 0.127. The topological polar surface area (TPSA) is 29.5 Å². The van der Waals surface area contributed by atoms with Crippen LogP contribution < -0.4 is 4.74 Å². The van der Waals surface area contributed by atoms with E-state index in [1.165, 1.54) is 19.2 Å². The normalized spacial score (nSPS) is 10.6. The van der Waals surface area contributed by atoms with E-state index in [9.17, 15) is 9.18 Å². The molecule has 0 N–H and O–H groups in total.